The van der Waals surface area contributed by atoms with E-state index < -0.39 is 16.1 Å². The topological polar surface area (TPSA) is 95.6 Å². The van der Waals surface area contributed by atoms with Gasteiger partial charge in [0, 0.05) is 19.6 Å². The molecular weight excluding hydrogens is 366 g/mol. The van der Waals surface area contributed by atoms with E-state index in [9.17, 15) is 18.0 Å². The zero-order valence-corrected chi connectivity index (χ0v) is 16.8. The lowest BCUT2D eigenvalue weighted by Gasteiger charge is -2.25. The molecule has 7 nitrogen and oxygen atoms in total. The van der Waals surface area contributed by atoms with Gasteiger partial charge in [-0.05, 0) is 43.9 Å². The van der Waals surface area contributed by atoms with Gasteiger partial charge in [-0.2, -0.15) is 4.31 Å². The number of carbonyl (C=O) groups excluding carboxylic acids is 2. The minimum Gasteiger partial charge on any atom is -0.354 e. The summed E-state index contributed by atoms with van der Waals surface area (Å²) in [5, 5.41) is 5.39. The molecule has 2 N–H and O–H groups in total. The van der Waals surface area contributed by atoms with Crippen molar-refractivity contribution in [2.45, 2.75) is 56.9 Å². The van der Waals surface area contributed by atoms with Gasteiger partial charge in [0.15, 0.2) is 0 Å². The van der Waals surface area contributed by atoms with E-state index in [0.29, 0.717) is 25.2 Å². The number of hydrogen-bond donors (Lipinski definition) is 2. The van der Waals surface area contributed by atoms with Crippen LogP contribution in [0.4, 0.5) is 0 Å². The smallest absolute Gasteiger partial charge is 0.243 e. The molecule has 1 aromatic rings. The molecule has 0 aromatic heterocycles. The number of sulfonamides is 1. The second-order valence-corrected chi connectivity index (χ2v) is 8.80. The standard InChI is InChI=1S/C19H29N3O4S/c1-3-11-20-19(24)15(2)21-18(23)14-16-7-9-17(10-8-16)27(25,26)22-12-5-4-6-13-22/h7-10,15H,3-6,11-14H2,1-2H3,(H,20,24)(H,21,23)/t15-/m1/s1. The molecule has 0 radical (unpaired) electrons. The fourth-order valence-corrected chi connectivity index (χ4v) is 4.50. The molecule has 0 unspecified atom stereocenters. The van der Waals surface area contributed by atoms with E-state index in [0.717, 1.165) is 25.7 Å². The lowest BCUT2D eigenvalue weighted by atomic mass is 10.1. The zero-order chi connectivity index (χ0) is 19.9. The van der Waals surface area contributed by atoms with E-state index in [1.807, 2.05) is 6.92 Å². The number of nitrogens with one attached hydrogen (secondary N) is 2. The van der Waals surface area contributed by atoms with Crippen molar-refractivity contribution in [3.63, 3.8) is 0 Å². The molecule has 1 fully saturated rings. The van der Waals surface area contributed by atoms with Gasteiger partial charge in [0.2, 0.25) is 21.8 Å². The molecule has 2 amide bonds. The Balaban J connectivity index is 1.93. The number of hydrogen-bond acceptors (Lipinski definition) is 4. The maximum atomic E-state index is 12.6. The molecule has 1 aliphatic rings. The first-order chi connectivity index (χ1) is 12.8. The highest BCUT2D eigenvalue weighted by Gasteiger charge is 2.25. The summed E-state index contributed by atoms with van der Waals surface area (Å²) in [4.78, 5) is 24.2. The van der Waals surface area contributed by atoms with Gasteiger partial charge in [0.25, 0.3) is 0 Å². The molecular formula is C19H29N3O4S. The van der Waals surface area contributed by atoms with Crippen molar-refractivity contribution in [1.29, 1.82) is 0 Å². The first-order valence-corrected chi connectivity index (χ1v) is 10.9. The molecule has 27 heavy (non-hydrogen) atoms. The summed E-state index contributed by atoms with van der Waals surface area (Å²) in [6, 6.07) is 5.78. The maximum absolute atomic E-state index is 12.6. The maximum Gasteiger partial charge on any atom is 0.243 e. The Labute approximate surface area is 161 Å². The van der Waals surface area contributed by atoms with Crippen LogP contribution in [0.15, 0.2) is 29.2 Å². The van der Waals surface area contributed by atoms with Gasteiger partial charge in [-0.1, -0.05) is 25.5 Å². The van der Waals surface area contributed by atoms with Gasteiger partial charge >= 0.3 is 0 Å². The predicted octanol–water partition coefficient (Wildman–Crippen LogP) is 1.43. The fourth-order valence-electron chi connectivity index (χ4n) is 2.98. The van der Waals surface area contributed by atoms with Gasteiger partial charge < -0.3 is 10.6 Å². The van der Waals surface area contributed by atoms with E-state index in [2.05, 4.69) is 10.6 Å². The number of amides is 2. The van der Waals surface area contributed by atoms with Gasteiger partial charge in [-0.3, -0.25) is 9.59 Å². The summed E-state index contributed by atoms with van der Waals surface area (Å²) in [5.41, 5.74) is 0.700. The minimum atomic E-state index is -3.47. The number of nitrogens with zero attached hydrogens (tertiary/aromatic N) is 1. The largest absolute Gasteiger partial charge is 0.354 e. The van der Waals surface area contributed by atoms with Crippen LogP contribution in [-0.2, 0) is 26.0 Å². The molecule has 0 bridgehead atoms. The molecule has 1 atom stereocenters. The Kier molecular flexibility index (Phi) is 7.79. The van der Waals surface area contributed by atoms with Crippen LogP contribution in [0.25, 0.3) is 0 Å². The highest BCUT2D eigenvalue weighted by molar-refractivity contribution is 7.89. The average molecular weight is 396 g/mol. The lowest BCUT2D eigenvalue weighted by Crippen LogP contribution is -2.45. The molecule has 150 valence electrons. The Bertz CT molecular complexity index is 741. The van der Waals surface area contributed by atoms with Crippen molar-refractivity contribution in [2.24, 2.45) is 0 Å². The van der Waals surface area contributed by atoms with Crippen molar-refractivity contribution in [1.82, 2.24) is 14.9 Å². The molecule has 2 rings (SSSR count). The molecule has 1 saturated heterocycles. The summed E-state index contributed by atoms with van der Waals surface area (Å²) >= 11 is 0. The van der Waals surface area contributed by atoms with E-state index in [4.69, 9.17) is 0 Å². The molecule has 1 aliphatic heterocycles. The van der Waals surface area contributed by atoms with Gasteiger partial charge in [0.1, 0.15) is 6.04 Å². The third-order valence-corrected chi connectivity index (χ3v) is 6.47. The summed E-state index contributed by atoms with van der Waals surface area (Å²) in [7, 11) is -3.47. The molecule has 0 aliphatic carbocycles. The van der Waals surface area contributed by atoms with E-state index in [1.165, 1.54) is 4.31 Å². The van der Waals surface area contributed by atoms with Crippen LogP contribution in [0.5, 0.6) is 0 Å². The first kappa shape index (κ1) is 21.4. The second-order valence-electron chi connectivity index (χ2n) is 6.87. The Morgan fingerprint density at radius 3 is 2.33 bits per heavy atom. The minimum absolute atomic E-state index is 0.0927. The summed E-state index contributed by atoms with van der Waals surface area (Å²) in [6.07, 6.45) is 3.77. The van der Waals surface area contributed by atoms with Gasteiger partial charge in [-0.15, -0.1) is 0 Å². The van der Waals surface area contributed by atoms with Crippen molar-refractivity contribution in [3.05, 3.63) is 29.8 Å². The van der Waals surface area contributed by atoms with Crippen LogP contribution in [-0.4, -0.2) is 50.2 Å². The van der Waals surface area contributed by atoms with Crippen LogP contribution in [0.1, 0.15) is 45.1 Å². The highest BCUT2D eigenvalue weighted by Crippen LogP contribution is 2.20. The number of benzene rings is 1. The van der Waals surface area contributed by atoms with Crippen LogP contribution in [0.2, 0.25) is 0 Å². The van der Waals surface area contributed by atoms with Crippen molar-refractivity contribution in [2.75, 3.05) is 19.6 Å². The summed E-state index contributed by atoms with van der Waals surface area (Å²) < 4.78 is 26.8. The van der Waals surface area contributed by atoms with E-state index >= 15 is 0 Å². The monoisotopic (exact) mass is 395 g/mol. The molecule has 1 heterocycles. The van der Waals surface area contributed by atoms with E-state index in [1.54, 1.807) is 31.2 Å². The van der Waals surface area contributed by atoms with Crippen LogP contribution in [0, 0.1) is 0 Å². The Morgan fingerprint density at radius 1 is 1.11 bits per heavy atom. The molecule has 8 heteroatoms. The summed E-state index contributed by atoms with van der Waals surface area (Å²) in [6.45, 7) is 5.29. The lowest BCUT2D eigenvalue weighted by molar-refractivity contribution is -0.128. The third-order valence-electron chi connectivity index (χ3n) is 4.56. The predicted molar refractivity (Wildman–Crippen MR) is 104 cm³/mol. The number of carbonyl (C=O) groups is 2. The molecule has 0 spiro atoms. The number of rotatable bonds is 8. The normalized spacial score (nSPS) is 16.5. The van der Waals surface area contributed by atoms with Gasteiger partial charge in [0.05, 0.1) is 11.3 Å². The highest BCUT2D eigenvalue weighted by atomic mass is 32.2. The first-order valence-electron chi connectivity index (χ1n) is 9.50. The van der Waals surface area contributed by atoms with Gasteiger partial charge in [-0.25, -0.2) is 8.42 Å². The SMILES string of the molecule is CCCNC(=O)[C@@H](C)NC(=O)Cc1ccc(S(=O)(=O)N2CCCCC2)cc1. The fraction of sp³-hybridized carbons (Fsp3) is 0.579. The van der Waals surface area contributed by atoms with E-state index in [-0.39, 0.29) is 23.1 Å². The quantitative estimate of drug-likeness (QED) is 0.696. The average Bonchev–Trinajstić information content (AvgIpc) is 2.67. The van der Waals surface area contributed by atoms with Crippen molar-refractivity contribution < 1.29 is 18.0 Å². The second kappa shape index (κ2) is 9.85. The van der Waals surface area contributed by atoms with Crippen LogP contribution < -0.4 is 10.6 Å². The van der Waals surface area contributed by atoms with Crippen molar-refractivity contribution in [3.8, 4) is 0 Å². The Hall–Kier alpha value is -1.93. The van der Waals surface area contributed by atoms with Crippen molar-refractivity contribution >= 4 is 21.8 Å². The molecule has 0 saturated carbocycles. The van der Waals surface area contributed by atoms with Crippen LogP contribution >= 0.6 is 0 Å². The molecule has 1 aromatic carbocycles. The Morgan fingerprint density at radius 2 is 1.74 bits per heavy atom. The van der Waals surface area contributed by atoms with Crippen LogP contribution in [0.3, 0.4) is 0 Å². The zero-order valence-electron chi connectivity index (χ0n) is 16.0. The third kappa shape index (κ3) is 6.04. The number of piperidine rings is 1. The summed E-state index contributed by atoms with van der Waals surface area (Å²) in [5.74, 6) is -0.492.